The number of rotatable bonds is 2. The van der Waals surface area contributed by atoms with Crippen molar-refractivity contribution >= 4 is 76.8 Å². The molecule has 0 amide bonds. The van der Waals surface area contributed by atoms with E-state index >= 15 is 0 Å². The van der Waals surface area contributed by atoms with E-state index in [4.69, 9.17) is 4.42 Å². The lowest BCUT2D eigenvalue weighted by atomic mass is 9.83. The first kappa shape index (κ1) is 26.3. The smallest absolute Gasteiger partial charge is 0.136 e. The minimum absolute atomic E-state index is 0.914. The molecule has 1 nitrogen and oxygen atoms in total. The maximum absolute atomic E-state index is 6.40. The van der Waals surface area contributed by atoms with Gasteiger partial charge in [-0.2, -0.15) is 0 Å². The van der Waals surface area contributed by atoms with Crippen molar-refractivity contribution in [1.29, 1.82) is 0 Å². The van der Waals surface area contributed by atoms with Crippen LogP contribution in [-0.4, -0.2) is 0 Å². The van der Waals surface area contributed by atoms with E-state index in [1.807, 2.05) is 11.8 Å². The minimum Gasteiger partial charge on any atom is -0.456 e. The highest BCUT2D eigenvalue weighted by Crippen LogP contribution is 2.52. The van der Waals surface area contributed by atoms with Gasteiger partial charge in [0, 0.05) is 25.9 Å². The summed E-state index contributed by atoms with van der Waals surface area (Å²) in [5.41, 5.74) is 9.50. The molecule has 0 unspecified atom stereocenters. The molecule has 2 heterocycles. The largest absolute Gasteiger partial charge is 0.456 e. The van der Waals surface area contributed by atoms with Gasteiger partial charge in [-0.1, -0.05) is 133 Å². The van der Waals surface area contributed by atoms with E-state index in [0.717, 1.165) is 21.9 Å². The Hall–Kier alpha value is -5.83. The van der Waals surface area contributed by atoms with E-state index in [1.165, 1.54) is 86.3 Å². The molecule has 0 saturated carbocycles. The molecule has 0 saturated heterocycles. The van der Waals surface area contributed by atoms with Crippen LogP contribution >= 0.6 is 11.8 Å². The molecule has 0 atom stereocenters. The second kappa shape index (κ2) is 9.84. The Morgan fingerprint density at radius 3 is 1.75 bits per heavy atom. The Morgan fingerprint density at radius 2 is 0.958 bits per heavy atom. The summed E-state index contributed by atoms with van der Waals surface area (Å²) < 4.78 is 6.40. The van der Waals surface area contributed by atoms with Crippen molar-refractivity contribution in [2.75, 3.05) is 0 Å². The van der Waals surface area contributed by atoms with Gasteiger partial charge in [0.2, 0.25) is 0 Å². The number of benzene rings is 9. The fraction of sp³-hybridized carbons (Fsp3) is 0. The van der Waals surface area contributed by atoms with Crippen LogP contribution in [0.5, 0.6) is 0 Å². The van der Waals surface area contributed by atoms with Crippen molar-refractivity contribution in [3.8, 4) is 33.4 Å². The van der Waals surface area contributed by atoms with Crippen molar-refractivity contribution in [2.45, 2.75) is 9.79 Å². The fourth-order valence-electron chi connectivity index (χ4n) is 8.14. The zero-order chi connectivity index (χ0) is 31.3. The molecule has 0 spiro atoms. The monoisotopic (exact) mass is 626 g/mol. The van der Waals surface area contributed by atoms with Crippen LogP contribution in [0, 0.1) is 0 Å². The molecule has 11 rings (SSSR count). The SMILES string of the molecule is c1ccc2c(c1)Sc1cccc3c(-c4c5ccccc5c(-c5ccc6oc7cc8ccccc8cc7c6c5)c5ccccc45)ccc-2c13. The average molecular weight is 627 g/mol. The summed E-state index contributed by atoms with van der Waals surface area (Å²) in [6.45, 7) is 0. The van der Waals surface area contributed by atoms with Gasteiger partial charge < -0.3 is 4.42 Å². The molecule has 1 aliphatic heterocycles. The molecule has 0 bridgehead atoms. The van der Waals surface area contributed by atoms with Crippen LogP contribution in [0.15, 0.2) is 172 Å². The standard InChI is InChI=1S/C46H26OS/c1-2-11-28-26-41-39(24-27(28)10-1)38-25-29(20-23-40(38)47-41)44-31-13-3-5-15-33(31)45(34-16-6-4-14-32(34)44)37-22-21-36-30-12-7-8-18-42(30)48-43-19-9-17-35(37)46(36)43/h1-26H. The van der Waals surface area contributed by atoms with Gasteiger partial charge in [0.05, 0.1) is 0 Å². The summed E-state index contributed by atoms with van der Waals surface area (Å²) in [7, 11) is 0. The van der Waals surface area contributed by atoms with Crippen molar-refractivity contribution in [3.63, 3.8) is 0 Å². The van der Waals surface area contributed by atoms with Gasteiger partial charge >= 0.3 is 0 Å². The summed E-state index contributed by atoms with van der Waals surface area (Å²) in [5.74, 6) is 0. The van der Waals surface area contributed by atoms with Crippen LogP contribution in [0.25, 0.3) is 98.4 Å². The first-order valence-corrected chi connectivity index (χ1v) is 17.2. The molecule has 0 N–H and O–H groups in total. The molecule has 1 aliphatic rings. The van der Waals surface area contributed by atoms with Gasteiger partial charge in [-0.05, 0) is 107 Å². The van der Waals surface area contributed by atoms with Crippen LogP contribution < -0.4 is 0 Å². The van der Waals surface area contributed by atoms with Gasteiger partial charge in [-0.25, -0.2) is 0 Å². The van der Waals surface area contributed by atoms with Crippen LogP contribution in [0.4, 0.5) is 0 Å². The molecule has 48 heavy (non-hydrogen) atoms. The summed E-state index contributed by atoms with van der Waals surface area (Å²) in [6, 6.07) is 57.9. The minimum atomic E-state index is 0.914. The van der Waals surface area contributed by atoms with Gasteiger partial charge in [-0.15, -0.1) is 0 Å². The van der Waals surface area contributed by atoms with E-state index in [9.17, 15) is 0 Å². The third-order valence-electron chi connectivity index (χ3n) is 10.2. The fourth-order valence-corrected chi connectivity index (χ4v) is 9.28. The first-order valence-electron chi connectivity index (χ1n) is 16.4. The molecular formula is C46H26OS. The third kappa shape index (κ3) is 3.64. The normalized spacial score (nSPS) is 12.5. The van der Waals surface area contributed by atoms with Crippen LogP contribution in [0.1, 0.15) is 0 Å². The third-order valence-corrected chi connectivity index (χ3v) is 11.4. The summed E-state index contributed by atoms with van der Waals surface area (Å²) in [6.07, 6.45) is 0. The predicted molar refractivity (Wildman–Crippen MR) is 204 cm³/mol. The second-order valence-electron chi connectivity index (χ2n) is 12.8. The second-order valence-corrected chi connectivity index (χ2v) is 13.9. The number of furan rings is 1. The molecular weight excluding hydrogens is 601 g/mol. The van der Waals surface area contributed by atoms with Gasteiger partial charge in [0.1, 0.15) is 11.2 Å². The molecule has 10 aromatic rings. The lowest BCUT2D eigenvalue weighted by Crippen LogP contribution is -1.95. The summed E-state index contributed by atoms with van der Waals surface area (Å²) in [5, 5.41) is 12.4. The lowest BCUT2D eigenvalue weighted by Gasteiger charge is -2.23. The highest BCUT2D eigenvalue weighted by Gasteiger charge is 2.23. The number of fused-ring (bicyclic) bond motifs is 8. The summed E-state index contributed by atoms with van der Waals surface area (Å²) in [4.78, 5) is 2.64. The Kier molecular flexibility index (Phi) is 5.38. The zero-order valence-electron chi connectivity index (χ0n) is 25.8. The molecule has 1 aromatic heterocycles. The first-order chi connectivity index (χ1) is 23.8. The average Bonchev–Trinajstić information content (AvgIpc) is 3.49. The maximum Gasteiger partial charge on any atom is 0.136 e. The van der Waals surface area contributed by atoms with Crippen molar-refractivity contribution in [1.82, 2.24) is 0 Å². The van der Waals surface area contributed by atoms with E-state index in [2.05, 4.69) is 158 Å². The molecule has 222 valence electrons. The molecule has 9 aromatic carbocycles. The molecule has 0 radical (unpaired) electrons. The summed E-state index contributed by atoms with van der Waals surface area (Å²) >= 11 is 1.88. The maximum atomic E-state index is 6.40. The van der Waals surface area contributed by atoms with Gasteiger partial charge in [-0.3, -0.25) is 0 Å². The van der Waals surface area contributed by atoms with E-state index < -0.39 is 0 Å². The zero-order valence-corrected chi connectivity index (χ0v) is 26.6. The Bertz CT molecular complexity index is 2930. The van der Waals surface area contributed by atoms with E-state index in [1.54, 1.807) is 0 Å². The molecule has 0 fully saturated rings. The highest BCUT2D eigenvalue weighted by atomic mass is 32.2. The Labute approximate surface area is 281 Å². The quantitative estimate of drug-likeness (QED) is 0.177. The van der Waals surface area contributed by atoms with Gasteiger partial charge in [0.25, 0.3) is 0 Å². The van der Waals surface area contributed by atoms with Crippen molar-refractivity contribution < 1.29 is 4.42 Å². The molecule has 2 heteroatoms. The van der Waals surface area contributed by atoms with Crippen LogP contribution in [0.3, 0.4) is 0 Å². The predicted octanol–water partition coefficient (Wildman–Crippen LogP) is 13.7. The number of hydrogen-bond donors (Lipinski definition) is 0. The van der Waals surface area contributed by atoms with E-state index in [-0.39, 0.29) is 0 Å². The van der Waals surface area contributed by atoms with Crippen molar-refractivity contribution in [3.05, 3.63) is 158 Å². The number of hydrogen-bond acceptors (Lipinski definition) is 2. The lowest BCUT2D eigenvalue weighted by molar-refractivity contribution is 0.669. The Morgan fingerprint density at radius 1 is 0.354 bits per heavy atom. The van der Waals surface area contributed by atoms with Gasteiger partial charge in [0.15, 0.2) is 0 Å². The molecule has 0 aliphatic carbocycles. The van der Waals surface area contributed by atoms with Crippen LogP contribution in [-0.2, 0) is 0 Å². The Balaban J connectivity index is 1.21. The topological polar surface area (TPSA) is 13.1 Å². The van der Waals surface area contributed by atoms with Crippen molar-refractivity contribution in [2.24, 2.45) is 0 Å². The highest BCUT2D eigenvalue weighted by molar-refractivity contribution is 7.99. The van der Waals surface area contributed by atoms with Crippen LogP contribution in [0.2, 0.25) is 0 Å². The van der Waals surface area contributed by atoms with E-state index in [0.29, 0.717) is 0 Å².